The average molecular weight is 359 g/mol. The normalized spacial score (nSPS) is 30.1. The van der Waals surface area contributed by atoms with Gasteiger partial charge in [-0.2, -0.15) is 4.52 Å². The lowest BCUT2D eigenvalue weighted by molar-refractivity contribution is 1.09. The quantitative estimate of drug-likeness (QED) is 0.365. The van der Waals surface area contributed by atoms with Gasteiger partial charge in [0.15, 0.2) is 7.21 Å². The maximum atomic E-state index is 6.01. The lowest BCUT2D eigenvalue weighted by Gasteiger charge is -2.22. The predicted molar refractivity (Wildman–Crippen MR) is 80.1 cm³/mol. The van der Waals surface area contributed by atoms with Crippen molar-refractivity contribution in [3.63, 3.8) is 0 Å². The van der Waals surface area contributed by atoms with Crippen molar-refractivity contribution in [3.8, 4) is 11.6 Å². The second-order valence-electron chi connectivity index (χ2n) is 3.00. The van der Waals surface area contributed by atoms with E-state index in [0.29, 0.717) is 6.16 Å². The third-order valence-corrected chi connectivity index (χ3v) is 13.9. The van der Waals surface area contributed by atoms with E-state index >= 15 is 0 Å². The van der Waals surface area contributed by atoms with Gasteiger partial charge in [-0.1, -0.05) is 12.8 Å². The summed E-state index contributed by atoms with van der Waals surface area (Å²) in [6, 6.07) is 0. The minimum atomic E-state index is -2.81. The Morgan fingerprint density at radius 2 is 1.56 bits per heavy atom. The van der Waals surface area contributed by atoms with Crippen LogP contribution in [0.2, 0.25) is 0 Å². The summed E-state index contributed by atoms with van der Waals surface area (Å²) in [6.45, 7) is 3.74. The summed E-state index contributed by atoms with van der Waals surface area (Å²) < 4.78 is 12.6. The molecule has 0 fully saturated rings. The van der Waals surface area contributed by atoms with Gasteiger partial charge in [0.2, 0.25) is 0 Å². The third kappa shape index (κ3) is 4.26. The van der Waals surface area contributed by atoms with Crippen molar-refractivity contribution in [2.24, 2.45) is 13.5 Å². The van der Waals surface area contributed by atoms with Crippen molar-refractivity contribution in [1.82, 2.24) is 0 Å². The summed E-state index contributed by atoms with van der Waals surface area (Å²) in [5.74, 6) is -2.80. The van der Waals surface area contributed by atoms with Gasteiger partial charge >= 0.3 is 0 Å². The van der Waals surface area contributed by atoms with E-state index in [1.165, 1.54) is 0 Å². The van der Waals surface area contributed by atoms with Gasteiger partial charge in [0.1, 0.15) is 0 Å². The Balaban J connectivity index is 3.53. The van der Waals surface area contributed by atoms with Crippen LogP contribution in [-0.2, 0) is 0 Å². The van der Waals surface area contributed by atoms with Crippen LogP contribution in [0.15, 0.2) is 13.5 Å². The number of nitrogens with zero attached hydrogens (tertiary/aromatic N) is 3. The molecule has 1 aliphatic rings. The van der Waals surface area contributed by atoms with E-state index in [0.717, 1.165) is 6.42 Å². The van der Waals surface area contributed by atoms with E-state index in [4.69, 9.17) is 45.0 Å². The molecule has 0 aliphatic carbocycles. The van der Waals surface area contributed by atoms with E-state index in [1.54, 1.807) is 6.92 Å². The van der Waals surface area contributed by atoms with Gasteiger partial charge in [-0.15, -0.1) is 0 Å². The van der Waals surface area contributed by atoms with Gasteiger partial charge in [-0.05, 0) is 64.0 Å². The monoisotopic (exact) mass is 357 g/mol. The zero-order chi connectivity index (χ0) is 12.4. The Morgan fingerprint density at radius 1 is 1.00 bits per heavy atom. The smallest absolute Gasteiger partial charge is 0.201 e. The van der Waals surface area contributed by atoms with Crippen LogP contribution in [0.5, 0.6) is 0 Å². The van der Waals surface area contributed by atoms with Gasteiger partial charge in [-0.25, -0.2) is 9.03 Å². The first-order chi connectivity index (χ1) is 7.24. The molecule has 1 atom stereocenters. The number of halogens is 4. The molecule has 0 saturated carbocycles. The lowest BCUT2D eigenvalue weighted by atomic mass is 10.6. The second kappa shape index (κ2) is 5.59. The summed E-state index contributed by atoms with van der Waals surface area (Å²) in [5, 5.41) is 0. The molecule has 16 heavy (non-hydrogen) atoms. The van der Waals surface area contributed by atoms with Crippen LogP contribution >= 0.6 is 64.0 Å². The molecular formula is C6H10Cl4N3P3. The van der Waals surface area contributed by atoms with Gasteiger partial charge < -0.3 is 0 Å². The lowest BCUT2D eigenvalue weighted by Crippen LogP contribution is -1.84. The number of hydrogen-bond donors (Lipinski definition) is 0. The van der Waals surface area contributed by atoms with Crippen molar-refractivity contribution < 1.29 is 0 Å². The molecule has 1 heterocycles. The molecule has 0 aromatic heterocycles. The first kappa shape index (κ1) is 15.5. The largest absolute Gasteiger partial charge is 0.256 e. The Kier molecular flexibility index (Phi) is 5.40. The number of rotatable bonds is 2. The van der Waals surface area contributed by atoms with E-state index in [2.05, 4.69) is 25.1 Å². The molecule has 0 bridgehead atoms. The SMILES string of the molecule is CC#CP1(CCC)=NP(Cl)(Cl)=NP(Cl)(Cl)=N1. The molecule has 0 spiro atoms. The fraction of sp³-hybridized carbons (Fsp3) is 0.667. The van der Waals surface area contributed by atoms with Crippen LogP contribution in [0.3, 0.4) is 0 Å². The minimum absolute atomic E-state index is 0.700. The Hall–Kier alpha value is 1.41. The van der Waals surface area contributed by atoms with Crippen LogP contribution in [0.4, 0.5) is 0 Å². The van der Waals surface area contributed by atoms with E-state index in [9.17, 15) is 0 Å². The van der Waals surface area contributed by atoms with Crippen LogP contribution in [-0.4, -0.2) is 6.16 Å². The van der Waals surface area contributed by atoms with Crippen molar-refractivity contribution in [1.29, 1.82) is 0 Å². The summed E-state index contributed by atoms with van der Waals surface area (Å²) >= 11 is 24.1. The summed E-state index contributed by atoms with van der Waals surface area (Å²) in [5.41, 5.74) is 3.00. The predicted octanol–water partition coefficient (Wildman–Crippen LogP) is 7.35. The summed E-state index contributed by atoms with van der Waals surface area (Å²) in [7, 11) is -2.27. The van der Waals surface area contributed by atoms with Crippen LogP contribution < -0.4 is 0 Å². The fourth-order valence-electron chi connectivity index (χ4n) is 1.22. The molecule has 10 heteroatoms. The van der Waals surface area contributed by atoms with Crippen molar-refractivity contribution in [2.45, 2.75) is 20.3 Å². The third-order valence-electron chi connectivity index (χ3n) is 1.55. The highest BCUT2D eigenvalue weighted by Gasteiger charge is 2.31. The molecule has 0 N–H and O–H groups in total. The molecule has 92 valence electrons. The second-order valence-corrected chi connectivity index (χ2v) is 15.8. The molecule has 1 aliphatic heterocycles. The van der Waals surface area contributed by atoms with Crippen molar-refractivity contribution >= 4 is 64.0 Å². The molecule has 0 aromatic carbocycles. The summed E-state index contributed by atoms with van der Waals surface area (Å²) in [4.78, 5) is 0. The van der Waals surface area contributed by atoms with E-state index in [-0.39, 0.29) is 0 Å². The van der Waals surface area contributed by atoms with Crippen LogP contribution in [0, 0.1) is 11.6 Å². The van der Waals surface area contributed by atoms with E-state index in [1.807, 2.05) is 6.92 Å². The standard InChI is InChI=1S/C6H10Cl4N3P3/c1-3-5-14(6-4-2)11-15(7,8)13-16(9,10)12-14/h3,5H2,1-2H3. The first-order valence-corrected chi connectivity index (χ1v) is 13.3. The molecular weight excluding hydrogens is 349 g/mol. The molecule has 3 nitrogen and oxygen atoms in total. The minimum Gasteiger partial charge on any atom is -0.201 e. The Labute approximate surface area is 115 Å². The zero-order valence-electron chi connectivity index (χ0n) is 8.61. The Morgan fingerprint density at radius 3 is 2.00 bits per heavy atom. The highest BCUT2D eigenvalue weighted by molar-refractivity contribution is 8.21. The van der Waals surface area contributed by atoms with Gasteiger partial charge in [0.05, 0.1) is 0 Å². The van der Waals surface area contributed by atoms with Gasteiger partial charge in [0.25, 0.3) is 11.8 Å². The molecule has 0 aromatic rings. The average Bonchev–Trinajstić information content (AvgIpc) is 1.97. The topological polar surface area (TPSA) is 37.1 Å². The zero-order valence-corrected chi connectivity index (χ0v) is 14.3. The molecule has 1 unspecified atom stereocenters. The maximum Gasteiger partial charge on any atom is 0.256 e. The van der Waals surface area contributed by atoms with E-state index < -0.39 is 19.0 Å². The first-order valence-electron chi connectivity index (χ1n) is 4.37. The fourth-order valence-corrected chi connectivity index (χ4v) is 17.5. The van der Waals surface area contributed by atoms with Crippen LogP contribution in [0.1, 0.15) is 20.3 Å². The molecule has 0 saturated heterocycles. The number of hydrogen-bond acceptors (Lipinski definition) is 3. The highest BCUT2D eigenvalue weighted by atomic mass is 35.9. The maximum absolute atomic E-state index is 6.01. The molecule has 0 radical (unpaired) electrons. The van der Waals surface area contributed by atoms with Gasteiger partial charge in [-0.3, -0.25) is 0 Å². The van der Waals surface area contributed by atoms with Crippen molar-refractivity contribution in [2.75, 3.05) is 6.16 Å². The van der Waals surface area contributed by atoms with Crippen molar-refractivity contribution in [3.05, 3.63) is 0 Å². The molecule has 0 amide bonds. The van der Waals surface area contributed by atoms with Gasteiger partial charge in [0, 0.05) is 6.16 Å². The summed E-state index contributed by atoms with van der Waals surface area (Å²) in [6.07, 6.45) is 1.57. The Bertz CT molecular complexity index is 495. The van der Waals surface area contributed by atoms with Crippen LogP contribution in [0.25, 0.3) is 0 Å². The highest BCUT2D eigenvalue weighted by Crippen LogP contribution is 2.85. The molecule has 1 rings (SSSR count).